The zero-order chi connectivity index (χ0) is 78.9. The van der Waals surface area contributed by atoms with E-state index in [4.69, 9.17) is 11.6 Å². The summed E-state index contributed by atoms with van der Waals surface area (Å²) >= 11 is 8.52. The van der Waals surface area contributed by atoms with Crippen LogP contribution in [0.25, 0.3) is 32.7 Å². The van der Waals surface area contributed by atoms with Crippen LogP contribution in [0, 0.1) is 17.8 Å². The molecular weight excluding hydrogens is 1520 g/mol. The normalized spacial score (nSPS) is 16.1. The number of amides is 4. The van der Waals surface area contributed by atoms with Gasteiger partial charge in [-0.05, 0) is 129 Å². The van der Waals surface area contributed by atoms with E-state index in [2.05, 4.69) is 50.8 Å². The van der Waals surface area contributed by atoms with E-state index >= 15 is 0 Å². The Labute approximate surface area is 652 Å². The number of nitrogens with zero attached hydrogens (tertiary/aromatic N) is 8. The molecule has 4 aliphatic carbocycles. The van der Waals surface area contributed by atoms with Crippen LogP contribution in [0.3, 0.4) is 0 Å². The summed E-state index contributed by atoms with van der Waals surface area (Å²) < 4.78 is 50.8. The lowest BCUT2D eigenvalue weighted by molar-refractivity contribution is -0.120. The minimum atomic E-state index is -3.56. The van der Waals surface area contributed by atoms with Gasteiger partial charge in [0, 0.05) is 65.5 Å². The average molecular weight is 1610 g/mol. The van der Waals surface area contributed by atoms with E-state index in [1.807, 2.05) is 30.0 Å². The Hall–Kier alpha value is -9.89. The predicted molar refractivity (Wildman–Crippen MR) is 432 cm³/mol. The molecule has 111 heavy (non-hydrogen) atoms. The molecule has 4 aliphatic rings. The van der Waals surface area contributed by atoms with Crippen LogP contribution in [0.2, 0.25) is 5.02 Å². The van der Waals surface area contributed by atoms with Crippen molar-refractivity contribution in [1.82, 2.24) is 48.6 Å². The molecule has 3 aromatic carbocycles. The molecule has 10 aromatic rings. The van der Waals surface area contributed by atoms with Crippen LogP contribution in [0.5, 0.6) is 0 Å². The highest BCUT2D eigenvalue weighted by Crippen LogP contribution is 2.35. The Balaban J connectivity index is 0.000000150. The highest BCUT2D eigenvalue weighted by Gasteiger charge is 2.34. The van der Waals surface area contributed by atoms with Gasteiger partial charge in [-0.25, -0.2) is 64.9 Å². The summed E-state index contributed by atoms with van der Waals surface area (Å²) in [6, 6.07) is 20.8. The number of aromatic amines is 3. The zero-order valence-corrected chi connectivity index (χ0v) is 66.0. The fourth-order valence-electron chi connectivity index (χ4n) is 15.3. The number of hydrogen-bond acceptors (Lipinski definition) is 20. The maximum absolute atomic E-state index is 13.4. The Morgan fingerprint density at radius 3 is 1.27 bits per heavy atom. The first-order valence-electron chi connectivity index (χ1n) is 37.6. The second kappa shape index (κ2) is 37.9. The lowest BCUT2D eigenvalue weighted by Crippen LogP contribution is -2.43. The summed E-state index contributed by atoms with van der Waals surface area (Å²) in [4.78, 5) is 157. The van der Waals surface area contributed by atoms with E-state index in [1.54, 1.807) is 59.7 Å². The maximum Gasteiger partial charge on any atom is 0.329 e. The SMILES string of the molecule is CCC(=O)N(c1ccccn1)C1CCCCC1.CS(=O)(=O)c1ccc2[nH]c(=O)n(C(CC3CCCCC3)C(=O)Nc3ccccn3)c(=O)c2c1.CS(=O)(=O)c1ccc2[nH]c(=O)n(C(CC3CCCCC3)C(=O)Nc3nccs3)c(=O)c2c1.O=C(Nc1nccs1)C(CC1CCCCC1)n1c(=O)[nH]c2cc(Cl)ccc2c1=O. The van der Waals surface area contributed by atoms with Crippen LogP contribution in [0.4, 0.5) is 21.9 Å². The lowest BCUT2D eigenvalue weighted by Gasteiger charge is -2.33. The van der Waals surface area contributed by atoms with E-state index in [0.717, 1.165) is 135 Å². The molecular formula is C78H91ClN14O14S4. The Morgan fingerprint density at radius 2 is 0.883 bits per heavy atom. The fourth-order valence-corrected chi connectivity index (χ4v) is 17.8. The molecule has 0 bridgehead atoms. The molecule has 28 nitrogen and oxygen atoms in total. The van der Waals surface area contributed by atoms with Gasteiger partial charge in [0.05, 0.1) is 42.5 Å². The van der Waals surface area contributed by atoms with E-state index in [9.17, 15) is 64.8 Å². The molecule has 0 saturated heterocycles. The van der Waals surface area contributed by atoms with Crippen molar-refractivity contribution in [3.05, 3.63) is 194 Å². The molecule has 14 rings (SSSR count). The molecule has 588 valence electrons. The van der Waals surface area contributed by atoms with Crippen molar-refractivity contribution in [2.45, 2.75) is 195 Å². The van der Waals surface area contributed by atoms with E-state index in [-0.39, 0.29) is 49.3 Å². The van der Waals surface area contributed by atoms with Gasteiger partial charge in [-0.15, -0.1) is 22.7 Å². The number of benzene rings is 3. The number of carbonyl (C=O) groups excluding carboxylic acids is 4. The van der Waals surface area contributed by atoms with Crippen LogP contribution >= 0.6 is 34.3 Å². The number of pyridine rings is 2. The van der Waals surface area contributed by atoms with E-state index < -0.39 is 89.3 Å². The molecule has 0 spiro atoms. The molecule has 7 aromatic heterocycles. The average Bonchev–Trinajstić information content (AvgIpc) is 0.971. The van der Waals surface area contributed by atoms with Crippen molar-refractivity contribution in [3.63, 3.8) is 0 Å². The van der Waals surface area contributed by atoms with Gasteiger partial charge >= 0.3 is 17.1 Å². The molecule has 4 fully saturated rings. The minimum absolute atomic E-state index is 0.0308. The molecule has 3 atom stereocenters. The number of carbonyl (C=O) groups is 4. The Bertz CT molecular complexity index is 5540. The lowest BCUT2D eigenvalue weighted by atomic mass is 9.84. The van der Waals surface area contributed by atoms with Crippen molar-refractivity contribution in [3.8, 4) is 0 Å². The number of rotatable bonds is 20. The van der Waals surface area contributed by atoms with Gasteiger partial charge in [-0.3, -0.25) is 38.5 Å². The quantitative estimate of drug-likeness (QED) is 0.0413. The Kier molecular flexibility index (Phi) is 28.0. The standard InChI is InChI=1S/C23H26N4O5S.C21H24N4O5S2.C20H21ClN4O3S.C14H20N2O/c1-33(31,32)16-10-11-18-17(14-16)22(29)27(23(30)25-18)19(13-15-7-3-2-4-8-15)21(28)26-20-9-5-6-12-24-20;1-32(29,30)14-7-8-16-15(12-14)19(27)25(21(28)23-16)17(11-13-5-3-2-4-6-13)18(26)24-20-22-9-10-31-20;21-13-6-7-14-15(11-13)23-20(28)25(18(14)27)16(10-12-4-2-1-3-5-12)17(26)24-19-22-8-9-29-19;1-2-14(17)16(12-8-4-3-5-9-12)13-10-6-7-11-15-13/h5-6,9-12,14-15,19H,2-4,7-8,13H2,1H3,(H,25,30)(H,24,26,28);7-10,12-13,17H,2-6,11H2,1H3,(H,23,28)(H,22,24,26);6-9,11-12,16H,1-5,10H2,(H,23,28)(H,22,24,26);6-7,10-12H,2-5,8-9H2,1H3. The van der Waals surface area contributed by atoms with Crippen LogP contribution in [-0.2, 0) is 38.9 Å². The fraction of sp³-hybridized carbons (Fsp3) is 0.436. The third-order valence-electron chi connectivity index (χ3n) is 20.9. The monoisotopic (exact) mass is 1610 g/mol. The topological polar surface area (TPSA) is 392 Å². The van der Waals surface area contributed by atoms with Gasteiger partial charge in [-0.1, -0.05) is 146 Å². The van der Waals surface area contributed by atoms with E-state index in [1.165, 1.54) is 97.0 Å². The highest BCUT2D eigenvalue weighted by atomic mass is 35.5. The number of anilines is 4. The molecule has 4 saturated carbocycles. The van der Waals surface area contributed by atoms with Crippen LogP contribution in [0.1, 0.15) is 179 Å². The van der Waals surface area contributed by atoms with Crippen molar-refractivity contribution in [1.29, 1.82) is 0 Å². The third kappa shape index (κ3) is 21.2. The molecule has 6 N–H and O–H groups in total. The molecule has 3 unspecified atom stereocenters. The largest absolute Gasteiger partial charge is 0.329 e. The van der Waals surface area contributed by atoms with Gasteiger partial charge in [0.15, 0.2) is 29.9 Å². The number of hydrogen-bond donors (Lipinski definition) is 6. The van der Waals surface area contributed by atoms with Gasteiger partial charge in [0.2, 0.25) is 23.6 Å². The van der Waals surface area contributed by atoms with Crippen molar-refractivity contribution in [2.24, 2.45) is 17.8 Å². The first kappa shape index (κ1) is 82.1. The summed E-state index contributed by atoms with van der Waals surface area (Å²) in [7, 11) is -7.12. The molecule has 0 radical (unpaired) electrons. The number of H-pyrrole nitrogens is 3. The van der Waals surface area contributed by atoms with Crippen molar-refractivity contribution in [2.75, 3.05) is 33.4 Å². The first-order valence-corrected chi connectivity index (χ1v) is 43.5. The number of sulfone groups is 2. The van der Waals surface area contributed by atoms with Crippen molar-refractivity contribution < 1.29 is 36.0 Å². The second-order valence-electron chi connectivity index (χ2n) is 28.7. The summed E-state index contributed by atoms with van der Waals surface area (Å²) in [5.74, 6) is 0.627. The van der Waals surface area contributed by atoms with Crippen LogP contribution < -0.4 is 54.6 Å². The molecule has 7 heterocycles. The molecule has 0 aliphatic heterocycles. The minimum Gasteiger partial charge on any atom is -0.309 e. The van der Waals surface area contributed by atoms with Crippen LogP contribution in [0.15, 0.2) is 165 Å². The Morgan fingerprint density at radius 1 is 0.477 bits per heavy atom. The van der Waals surface area contributed by atoms with Gasteiger partial charge in [-0.2, -0.15) is 0 Å². The van der Waals surface area contributed by atoms with Crippen molar-refractivity contribution >= 4 is 132 Å². The van der Waals surface area contributed by atoms with Gasteiger partial charge in [0.25, 0.3) is 16.7 Å². The molecule has 4 amide bonds. The predicted octanol–water partition coefficient (Wildman–Crippen LogP) is 12.4. The summed E-state index contributed by atoms with van der Waals surface area (Å²) in [5.41, 5.74) is -3.10. The highest BCUT2D eigenvalue weighted by molar-refractivity contribution is 7.91. The smallest absolute Gasteiger partial charge is 0.309 e. The maximum atomic E-state index is 13.4. The van der Waals surface area contributed by atoms with Gasteiger partial charge in [0.1, 0.15) is 29.8 Å². The number of fused-ring (bicyclic) bond motifs is 3. The summed E-state index contributed by atoms with van der Waals surface area (Å²) in [5, 5.41) is 13.3. The number of halogens is 1. The molecule has 33 heteroatoms. The second-order valence-corrected chi connectivity index (χ2v) is 34.9. The number of nitrogens with one attached hydrogen (secondary N) is 6. The van der Waals surface area contributed by atoms with Gasteiger partial charge < -0.3 is 30.9 Å². The summed E-state index contributed by atoms with van der Waals surface area (Å²) in [6.45, 7) is 1.92. The van der Waals surface area contributed by atoms with Crippen LogP contribution in [-0.4, -0.2) is 108 Å². The first-order chi connectivity index (χ1) is 53.3. The number of thiazole rings is 2. The summed E-state index contributed by atoms with van der Waals surface area (Å²) in [6.07, 6.45) is 31.7. The number of aromatic nitrogens is 10. The third-order valence-corrected chi connectivity index (χ3v) is 24.7. The zero-order valence-electron chi connectivity index (χ0n) is 61.9. The van der Waals surface area contributed by atoms with E-state index in [0.29, 0.717) is 69.6 Å².